The van der Waals surface area contributed by atoms with Gasteiger partial charge in [0.1, 0.15) is 0 Å². The van der Waals surface area contributed by atoms with Crippen molar-refractivity contribution in [1.29, 1.82) is 0 Å². The van der Waals surface area contributed by atoms with Crippen molar-refractivity contribution < 1.29 is 13.2 Å². The standard InChI is InChI=1S/C16H24N2O3S/c1-2-10-22(19,20)17-8-9-18-15(11-17)12-21-13-16(18)14-6-4-3-5-7-14/h3-7,15-16H,2,8-13H2,1H3/t15-,16-/m1/s1. The molecule has 0 aromatic heterocycles. The van der Waals surface area contributed by atoms with Crippen molar-refractivity contribution in [3.8, 4) is 0 Å². The lowest BCUT2D eigenvalue weighted by Gasteiger charge is -2.47. The van der Waals surface area contributed by atoms with Gasteiger partial charge in [0.05, 0.1) is 25.0 Å². The van der Waals surface area contributed by atoms with Gasteiger partial charge in [0.2, 0.25) is 10.0 Å². The van der Waals surface area contributed by atoms with E-state index in [4.69, 9.17) is 4.74 Å². The number of hydrogen-bond donors (Lipinski definition) is 0. The van der Waals surface area contributed by atoms with Gasteiger partial charge in [0.15, 0.2) is 0 Å². The molecule has 22 heavy (non-hydrogen) atoms. The quantitative estimate of drug-likeness (QED) is 0.842. The van der Waals surface area contributed by atoms with E-state index >= 15 is 0 Å². The van der Waals surface area contributed by atoms with Crippen LogP contribution in [0.5, 0.6) is 0 Å². The minimum Gasteiger partial charge on any atom is -0.378 e. The Balaban J connectivity index is 1.74. The third-order valence-electron chi connectivity index (χ3n) is 4.52. The number of nitrogens with zero attached hydrogens (tertiary/aromatic N) is 2. The number of rotatable bonds is 4. The molecule has 2 heterocycles. The van der Waals surface area contributed by atoms with Crippen molar-refractivity contribution in [2.75, 3.05) is 38.6 Å². The van der Waals surface area contributed by atoms with Crippen LogP contribution in [0.3, 0.4) is 0 Å². The average Bonchev–Trinajstić information content (AvgIpc) is 2.54. The highest BCUT2D eigenvalue weighted by Gasteiger charge is 2.39. The molecule has 0 bridgehead atoms. The molecule has 2 saturated heterocycles. The maximum absolute atomic E-state index is 12.3. The van der Waals surface area contributed by atoms with Gasteiger partial charge in [0, 0.05) is 25.7 Å². The highest BCUT2D eigenvalue weighted by Crippen LogP contribution is 2.30. The van der Waals surface area contributed by atoms with Crippen LogP contribution in [0.25, 0.3) is 0 Å². The summed E-state index contributed by atoms with van der Waals surface area (Å²) in [4.78, 5) is 2.41. The van der Waals surface area contributed by atoms with Gasteiger partial charge in [-0.1, -0.05) is 37.3 Å². The first-order valence-electron chi connectivity index (χ1n) is 7.98. The van der Waals surface area contributed by atoms with E-state index in [1.54, 1.807) is 4.31 Å². The summed E-state index contributed by atoms with van der Waals surface area (Å²) >= 11 is 0. The van der Waals surface area contributed by atoms with Crippen LogP contribution in [0.2, 0.25) is 0 Å². The summed E-state index contributed by atoms with van der Waals surface area (Å²) in [5.41, 5.74) is 1.25. The van der Waals surface area contributed by atoms with Gasteiger partial charge in [-0.25, -0.2) is 8.42 Å². The summed E-state index contributed by atoms with van der Waals surface area (Å²) in [7, 11) is -3.11. The number of sulfonamides is 1. The Morgan fingerprint density at radius 3 is 2.68 bits per heavy atom. The van der Waals surface area contributed by atoms with Crippen LogP contribution in [0, 0.1) is 0 Å². The van der Waals surface area contributed by atoms with E-state index in [2.05, 4.69) is 17.0 Å². The first-order chi connectivity index (χ1) is 10.6. The lowest BCUT2D eigenvalue weighted by atomic mass is 10.0. The molecule has 6 heteroatoms. The number of benzene rings is 1. The van der Waals surface area contributed by atoms with Crippen molar-refractivity contribution in [3.63, 3.8) is 0 Å². The Morgan fingerprint density at radius 2 is 1.95 bits per heavy atom. The second-order valence-electron chi connectivity index (χ2n) is 6.03. The Hall–Kier alpha value is -0.950. The fourth-order valence-corrected chi connectivity index (χ4v) is 4.95. The summed E-state index contributed by atoms with van der Waals surface area (Å²) in [6, 6.07) is 10.7. The topological polar surface area (TPSA) is 49.9 Å². The number of ether oxygens (including phenoxy) is 1. The molecule has 3 rings (SSSR count). The van der Waals surface area contributed by atoms with Crippen LogP contribution >= 0.6 is 0 Å². The van der Waals surface area contributed by atoms with Gasteiger partial charge >= 0.3 is 0 Å². The van der Waals surface area contributed by atoms with E-state index in [9.17, 15) is 8.42 Å². The van der Waals surface area contributed by atoms with Crippen LogP contribution in [-0.2, 0) is 14.8 Å². The molecule has 0 amide bonds. The van der Waals surface area contributed by atoms with E-state index in [1.807, 2.05) is 25.1 Å². The normalized spacial score (nSPS) is 27.5. The highest BCUT2D eigenvalue weighted by atomic mass is 32.2. The van der Waals surface area contributed by atoms with Crippen LogP contribution in [0.1, 0.15) is 24.9 Å². The number of hydrogen-bond acceptors (Lipinski definition) is 4. The maximum atomic E-state index is 12.3. The molecule has 2 atom stereocenters. The molecule has 0 aliphatic carbocycles. The Morgan fingerprint density at radius 1 is 1.18 bits per heavy atom. The van der Waals surface area contributed by atoms with Crippen molar-refractivity contribution in [3.05, 3.63) is 35.9 Å². The van der Waals surface area contributed by atoms with Crippen LogP contribution in [0.4, 0.5) is 0 Å². The Bertz CT molecular complexity index is 591. The van der Waals surface area contributed by atoms with E-state index < -0.39 is 10.0 Å². The zero-order valence-electron chi connectivity index (χ0n) is 13.0. The van der Waals surface area contributed by atoms with Gasteiger partial charge in [-0.2, -0.15) is 4.31 Å². The molecular weight excluding hydrogens is 300 g/mol. The number of fused-ring (bicyclic) bond motifs is 1. The first-order valence-corrected chi connectivity index (χ1v) is 9.59. The second-order valence-corrected chi connectivity index (χ2v) is 8.12. The molecule has 1 aromatic carbocycles. The Kier molecular flexibility index (Phi) is 4.82. The SMILES string of the molecule is CCCS(=O)(=O)N1CCN2[C@@H](COC[C@@H]2c2ccccc2)C1. The summed E-state index contributed by atoms with van der Waals surface area (Å²) in [5, 5.41) is 0. The second kappa shape index (κ2) is 6.66. The van der Waals surface area contributed by atoms with Gasteiger partial charge in [-0.05, 0) is 12.0 Å². The van der Waals surface area contributed by atoms with Crippen molar-refractivity contribution in [2.24, 2.45) is 0 Å². The molecule has 0 spiro atoms. The largest absolute Gasteiger partial charge is 0.378 e. The van der Waals surface area contributed by atoms with Gasteiger partial charge < -0.3 is 4.74 Å². The summed E-state index contributed by atoms with van der Waals surface area (Å²) in [6.07, 6.45) is 0.663. The van der Waals surface area contributed by atoms with E-state index in [-0.39, 0.29) is 17.8 Å². The summed E-state index contributed by atoms with van der Waals surface area (Å²) < 4.78 is 32.0. The molecule has 1 aromatic rings. The zero-order chi connectivity index (χ0) is 15.6. The first kappa shape index (κ1) is 15.9. The monoisotopic (exact) mass is 324 g/mol. The highest BCUT2D eigenvalue weighted by molar-refractivity contribution is 7.89. The smallest absolute Gasteiger partial charge is 0.214 e. The third-order valence-corrected chi connectivity index (χ3v) is 6.56. The molecule has 0 N–H and O–H groups in total. The summed E-state index contributed by atoms with van der Waals surface area (Å²) in [6.45, 7) is 5.11. The zero-order valence-corrected chi connectivity index (χ0v) is 13.8. The van der Waals surface area contributed by atoms with Gasteiger partial charge in [-0.3, -0.25) is 4.90 Å². The molecule has 0 radical (unpaired) electrons. The molecule has 2 aliphatic heterocycles. The molecule has 2 fully saturated rings. The van der Waals surface area contributed by atoms with Crippen molar-refractivity contribution >= 4 is 10.0 Å². The fourth-order valence-electron chi connectivity index (χ4n) is 3.41. The number of piperazine rings is 1. The summed E-state index contributed by atoms with van der Waals surface area (Å²) in [5.74, 6) is 0.239. The van der Waals surface area contributed by atoms with Gasteiger partial charge in [-0.15, -0.1) is 0 Å². The lowest BCUT2D eigenvalue weighted by molar-refractivity contribution is -0.0709. The molecule has 5 nitrogen and oxygen atoms in total. The van der Waals surface area contributed by atoms with Crippen LogP contribution < -0.4 is 0 Å². The predicted molar refractivity (Wildman–Crippen MR) is 86.1 cm³/mol. The number of morpholine rings is 1. The van der Waals surface area contributed by atoms with Gasteiger partial charge in [0.25, 0.3) is 0 Å². The molecule has 0 unspecified atom stereocenters. The van der Waals surface area contributed by atoms with E-state index in [0.717, 1.165) is 6.54 Å². The van der Waals surface area contributed by atoms with Crippen LogP contribution in [-0.4, -0.2) is 62.3 Å². The molecular formula is C16H24N2O3S. The van der Waals surface area contributed by atoms with E-state index in [1.165, 1.54) is 5.56 Å². The minimum absolute atomic E-state index is 0.152. The molecule has 122 valence electrons. The van der Waals surface area contributed by atoms with E-state index in [0.29, 0.717) is 32.7 Å². The van der Waals surface area contributed by atoms with Crippen molar-refractivity contribution in [2.45, 2.75) is 25.4 Å². The average molecular weight is 324 g/mol. The lowest BCUT2D eigenvalue weighted by Crippen LogP contribution is -2.60. The molecule has 2 aliphatic rings. The molecule has 0 saturated carbocycles. The maximum Gasteiger partial charge on any atom is 0.214 e. The Labute approximate surface area is 132 Å². The minimum atomic E-state index is -3.11. The van der Waals surface area contributed by atoms with Crippen molar-refractivity contribution in [1.82, 2.24) is 9.21 Å². The fraction of sp³-hybridized carbons (Fsp3) is 0.625. The van der Waals surface area contributed by atoms with Crippen LogP contribution in [0.15, 0.2) is 30.3 Å². The predicted octanol–water partition coefficient (Wildman–Crippen LogP) is 1.48. The third kappa shape index (κ3) is 3.20.